The lowest BCUT2D eigenvalue weighted by Gasteiger charge is -2.11. The minimum atomic E-state index is -6.00. The Hall–Kier alpha value is -2.80. The van der Waals surface area contributed by atoms with E-state index in [1.54, 1.807) is 0 Å². The van der Waals surface area contributed by atoms with Gasteiger partial charge in [0.25, 0.3) is 0 Å². The first-order chi connectivity index (χ1) is 15.6. The number of unbranched alkanes of at least 4 members (excludes halogenated alkanes) is 1. The van der Waals surface area contributed by atoms with E-state index in [9.17, 15) is 17.3 Å². The van der Waals surface area contributed by atoms with Crippen molar-refractivity contribution in [2.75, 3.05) is 25.5 Å². The standard InChI is InChI=1S/C25H26ClN2.BF4/c1-4-5-17-28-23(15-11-18-9-12-19(13-10-18)27(2)3)21-8-6-7-20-22(26)14-16-24(28)25(20)21;2-1(3,4)5/h6-16H,4-5,17H2,1-3H3;/q+1;-1. The van der Waals surface area contributed by atoms with Crippen molar-refractivity contribution in [1.82, 2.24) is 0 Å². The highest BCUT2D eigenvalue weighted by molar-refractivity contribution is 6.50. The quantitative estimate of drug-likeness (QED) is 0.200. The molecule has 8 heteroatoms. The fourth-order valence-electron chi connectivity index (χ4n) is 3.86. The summed E-state index contributed by atoms with van der Waals surface area (Å²) in [4.78, 5) is 2.12. The third-order valence-electron chi connectivity index (χ3n) is 5.40. The Morgan fingerprint density at radius 2 is 1.61 bits per heavy atom. The van der Waals surface area contributed by atoms with Crippen LogP contribution in [0.2, 0.25) is 5.02 Å². The molecule has 0 saturated carbocycles. The average Bonchev–Trinajstić information content (AvgIpc) is 3.06. The molecule has 1 heterocycles. The van der Waals surface area contributed by atoms with Crippen LogP contribution in [0.1, 0.15) is 30.9 Å². The number of allylic oxidation sites excluding steroid dienone is 1. The molecule has 2 nitrogen and oxygen atoms in total. The van der Waals surface area contributed by atoms with Crippen molar-refractivity contribution in [3.05, 3.63) is 76.8 Å². The zero-order chi connectivity index (χ0) is 24.2. The van der Waals surface area contributed by atoms with Crippen LogP contribution in [0.4, 0.5) is 28.6 Å². The van der Waals surface area contributed by atoms with E-state index < -0.39 is 7.25 Å². The summed E-state index contributed by atoms with van der Waals surface area (Å²) in [5, 5.41) is 3.23. The fourth-order valence-corrected chi connectivity index (χ4v) is 4.08. The molecule has 4 rings (SSSR count). The number of hydrogen-bond acceptors (Lipinski definition) is 1. The second-order valence-corrected chi connectivity index (χ2v) is 8.41. The second-order valence-electron chi connectivity index (χ2n) is 8.00. The topological polar surface area (TPSA) is 6.25 Å². The molecule has 0 radical (unpaired) electrons. The van der Waals surface area contributed by atoms with Gasteiger partial charge in [-0.1, -0.05) is 49.2 Å². The molecule has 3 aromatic carbocycles. The monoisotopic (exact) mass is 476 g/mol. The number of benzene rings is 3. The van der Waals surface area contributed by atoms with Gasteiger partial charge in [-0.05, 0) is 35.9 Å². The van der Waals surface area contributed by atoms with Crippen LogP contribution in [0.15, 0.2) is 60.7 Å². The molecule has 0 spiro atoms. The molecule has 174 valence electrons. The summed E-state index contributed by atoms with van der Waals surface area (Å²) in [5.41, 5.74) is 6.21. The number of nitrogens with zero attached hydrogens (tertiary/aromatic N) is 2. The van der Waals surface area contributed by atoms with Crippen LogP contribution in [0.25, 0.3) is 16.8 Å². The fraction of sp³-hybridized carbons (Fsp3) is 0.240. The molecular formula is C25H26BClF4N2. The van der Waals surface area contributed by atoms with Crippen molar-refractivity contribution in [2.45, 2.75) is 19.8 Å². The molecule has 0 saturated heterocycles. The van der Waals surface area contributed by atoms with Crippen molar-refractivity contribution in [2.24, 2.45) is 0 Å². The summed E-state index contributed by atoms with van der Waals surface area (Å²) in [5.74, 6) is 0. The Balaban J connectivity index is 0.000000555. The van der Waals surface area contributed by atoms with Gasteiger partial charge >= 0.3 is 7.25 Å². The molecule has 0 aliphatic carbocycles. The summed E-state index contributed by atoms with van der Waals surface area (Å²) in [6.07, 6.45) is 6.79. The highest BCUT2D eigenvalue weighted by Crippen LogP contribution is 2.39. The maximum atomic E-state index is 9.75. The lowest BCUT2D eigenvalue weighted by atomic mass is 10.0. The van der Waals surface area contributed by atoms with Gasteiger partial charge in [-0.3, -0.25) is 0 Å². The average molecular weight is 477 g/mol. The van der Waals surface area contributed by atoms with Gasteiger partial charge in [-0.2, -0.15) is 4.58 Å². The third-order valence-corrected chi connectivity index (χ3v) is 5.73. The van der Waals surface area contributed by atoms with Gasteiger partial charge in [0.05, 0.1) is 10.9 Å². The van der Waals surface area contributed by atoms with Crippen LogP contribution in [-0.2, 0) is 0 Å². The van der Waals surface area contributed by atoms with Crippen molar-refractivity contribution >= 4 is 52.8 Å². The first-order valence-corrected chi connectivity index (χ1v) is 11.2. The van der Waals surface area contributed by atoms with E-state index in [0.29, 0.717) is 0 Å². The Bertz CT molecular complexity index is 1180. The summed E-state index contributed by atoms with van der Waals surface area (Å²) in [6.45, 7) is 3.25. The first-order valence-electron chi connectivity index (χ1n) is 10.8. The van der Waals surface area contributed by atoms with Crippen molar-refractivity contribution in [1.29, 1.82) is 0 Å². The Morgan fingerprint density at radius 3 is 2.21 bits per heavy atom. The van der Waals surface area contributed by atoms with Gasteiger partial charge in [0.1, 0.15) is 6.54 Å². The Labute approximate surface area is 196 Å². The number of halogens is 5. The van der Waals surface area contributed by atoms with Gasteiger partial charge in [0.15, 0.2) is 0 Å². The van der Waals surface area contributed by atoms with Crippen molar-refractivity contribution < 1.29 is 21.8 Å². The molecule has 33 heavy (non-hydrogen) atoms. The summed E-state index contributed by atoms with van der Waals surface area (Å²) >= 11 is 6.49. The zero-order valence-corrected chi connectivity index (χ0v) is 19.6. The van der Waals surface area contributed by atoms with Gasteiger partial charge in [-0.15, -0.1) is 0 Å². The van der Waals surface area contributed by atoms with Gasteiger partial charge in [-0.25, -0.2) is 0 Å². The smallest absolute Gasteiger partial charge is 0.418 e. The summed E-state index contributed by atoms with van der Waals surface area (Å²) in [6, 6.07) is 19.3. The molecule has 0 amide bonds. The van der Waals surface area contributed by atoms with Gasteiger partial charge in [0, 0.05) is 48.8 Å². The van der Waals surface area contributed by atoms with Crippen LogP contribution in [-0.4, -0.2) is 38.2 Å². The van der Waals surface area contributed by atoms with E-state index in [4.69, 9.17) is 11.6 Å². The molecule has 0 bridgehead atoms. The number of rotatable bonds is 6. The second kappa shape index (κ2) is 10.4. The van der Waals surface area contributed by atoms with Gasteiger partial charge < -0.3 is 22.2 Å². The Morgan fingerprint density at radius 1 is 0.939 bits per heavy atom. The normalized spacial score (nSPS) is 13.0. The predicted molar refractivity (Wildman–Crippen MR) is 133 cm³/mol. The largest absolute Gasteiger partial charge is 0.673 e. The van der Waals surface area contributed by atoms with Gasteiger partial charge in [0.2, 0.25) is 11.4 Å². The number of hydrogen-bond donors (Lipinski definition) is 0. The summed E-state index contributed by atoms with van der Waals surface area (Å²) < 4.78 is 41.4. The van der Waals surface area contributed by atoms with Crippen LogP contribution in [0.3, 0.4) is 0 Å². The van der Waals surface area contributed by atoms with E-state index in [-0.39, 0.29) is 0 Å². The van der Waals surface area contributed by atoms with Crippen LogP contribution < -0.4 is 4.90 Å². The van der Waals surface area contributed by atoms with E-state index in [2.05, 4.69) is 91.2 Å². The molecule has 0 atom stereocenters. The molecule has 0 N–H and O–H groups in total. The van der Waals surface area contributed by atoms with Crippen LogP contribution >= 0.6 is 11.6 Å². The molecular weight excluding hydrogens is 451 g/mol. The van der Waals surface area contributed by atoms with Crippen LogP contribution in [0.5, 0.6) is 0 Å². The lowest BCUT2D eigenvalue weighted by molar-refractivity contribution is -0.436. The lowest BCUT2D eigenvalue weighted by Crippen LogP contribution is -2.13. The predicted octanol–water partition coefficient (Wildman–Crippen LogP) is 7.82. The Kier molecular flexibility index (Phi) is 7.85. The highest BCUT2D eigenvalue weighted by atomic mass is 35.5. The highest BCUT2D eigenvalue weighted by Gasteiger charge is 2.30. The number of anilines is 1. The first kappa shape index (κ1) is 24.8. The van der Waals surface area contributed by atoms with Crippen LogP contribution in [0, 0.1) is 0 Å². The summed E-state index contributed by atoms with van der Waals surface area (Å²) in [7, 11) is -1.87. The molecule has 1 aliphatic rings. The van der Waals surface area contributed by atoms with Crippen molar-refractivity contribution in [3.8, 4) is 0 Å². The zero-order valence-electron chi connectivity index (χ0n) is 18.8. The SMILES string of the molecule is CCCC[N+]1=C(C=Cc2ccc(N(C)C)cc2)c2cccc3c(Cl)ccc1c23.F[B-](F)(F)F. The molecule has 0 aromatic heterocycles. The molecule has 0 fully saturated rings. The maximum Gasteiger partial charge on any atom is 0.673 e. The molecule has 3 aromatic rings. The molecule has 1 aliphatic heterocycles. The molecule has 0 unspecified atom stereocenters. The van der Waals surface area contributed by atoms with E-state index in [0.717, 1.165) is 23.4 Å². The third kappa shape index (κ3) is 6.17. The van der Waals surface area contributed by atoms with E-state index in [1.165, 1.54) is 40.0 Å². The van der Waals surface area contributed by atoms with Crippen molar-refractivity contribution in [3.63, 3.8) is 0 Å². The maximum absolute atomic E-state index is 9.75. The van der Waals surface area contributed by atoms with E-state index >= 15 is 0 Å². The minimum absolute atomic E-state index is 0.820. The van der Waals surface area contributed by atoms with E-state index in [1.807, 2.05) is 6.07 Å². The minimum Gasteiger partial charge on any atom is -0.418 e.